The lowest BCUT2D eigenvalue weighted by molar-refractivity contribution is 0.0951. The molecule has 0 aliphatic carbocycles. The molecule has 1 N–H and O–H groups in total. The van der Waals surface area contributed by atoms with Crippen molar-refractivity contribution in [3.8, 4) is 11.3 Å². The normalized spacial score (nSPS) is 10.8. The van der Waals surface area contributed by atoms with Gasteiger partial charge in [-0.05, 0) is 37.7 Å². The maximum Gasteiger partial charge on any atom is 0.252 e. The zero-order chi connectivity index (χ0) is 22.5. The molecule has 0 saturated heterocycles. The lowest BCUT2D eigenvalue weighted by Crippen LogP contribution is -2.27. The van der Waals surface area contributed by atoms with Crippen LogP contribution in [0.15, 0.2) is 78.9 Å². The summed E-state index contributed by atoms with van der Waals surface area (Å²) in [4.78, 5) is 20.7. The number of nitrogens with one attached hydrogen (secondary N) is 1. The number of aromatic nitrogens is 1. The van der Waals surface area contributed by atoms with Crippen molar-refractivity contribution in [2.24, 2.45) is 0 Å². The third-order valence-electron chi connectivity index (χ3n) is 5.68. The second kappa shape index (κ2) is 11.1. The van der Waals surface area contributed by atoms with Gasteiger partial charge in [0.15, 0.2) is 0 Å². The van der Waals surface area contributed by atoms with Gasteiger partial charge in [-0.15, -0.1) is 12.4 Å². The fourth-order valence-electron chi connectivity index (χ4n) is 4.15. The van der Waals surface area contributed by atoms with Gasteiger partial charge in [0.25, 0.3) is 5.91 Å². The highest BCUT2D eigenvalue weighted by Gasteiger charge is 2.22. The minimum atomic E-state index is -0.0662. The van der Waals surface area contributed by atoms with Gasteiger partial charge in [0, 0.05) is 29.6 Å². The highest BCUT2D eigenvalue weighted by Crippen LogP contribution is 2.31. The number of rotatable bonds is 7. The molecule has 1 heterocycles. The lowest BCUT2D eigenvalue weighted by atomic mass is 9.95. The number of para-hydroxylation sites is 1. The van der Waals surface area contributed by atoms with E-state index in [4.69, 9.17) is 4.98 Å². The Kier molecular flexibility index (Phi) is 8.21. The van der Waals surface area contributed by atoms with Gasteiger partial charge in [-0.2, -0.15) is 0 Å². The smallest absolute Gasteiger partial charge is 0.252 e. The van der Waals surface area contributed by atoms with E-state index in [0.717, 1.165) is 39.7 Å². The zero-order valence-electron chi connectivity index (χ0n) is 19.3. The monoisotopic (exact) mass is 459 g/mol. The Morgan fingerprint density at radius 1 is 0.879 bits per heavy atom. The van der Waals surface area contributed by atoms with Crippen molar-refractivity contribution in [1.82, 2.24) is 15.2 Å². The van der Waals surface area contributed by atoms with Crippen LogP contribution in [0.5, 0.6) is 0 Å². The van der Waals surface area contributed by atoms with Gasteiger partial charge in [0.05, 0.1) is 16.8 Å². The zero-order valence-corrected chi connectivity index (χ0v) is 20.2. The molecule has 0 saturated carbocycles. The average molecular weight is 460 g/mol. The van der Waals surface area contributed by atoms with Crippen molar-refractivity contribution < 1.29 is 4.79 Å². The largest absolute Gasteiger partial charge is 0.348 e. The minimum absolute atomic E-state index is 0. The molecule has 0 unspecified atom stereocenters. The average Bonchev–Trinajstić information content (AvgIpc) is 2.82. The summed E-state index contributed by atoms with van der Waals surface area (Å²) in [6.45, 7) is 3.26. The van der Waals surface area contributed by atoms with E-state index in [1.807, 2.05) is 68.7 Å². The Labute approximate surface area is 202 Å². The lowest BCUT2D eigenvalue weighted by Gasteiger charge is -2.20. The molecule has 0 atom stereocenters. The topological polar surface area (TPSA) is 45.2 Å². The standard InChI is InChI=1S/C28H29N3O.ClH/c1-4-20-12-8-9-15-22(20)18-29-28(32)26-23-16-10-11-17-25(23)30-27(24(26)19-31(2)3)21-13-6-5-7-14-21;/h5-17H,4,18-19H2,1-3H3,(H,29,32);1H. The number of fused-ring (bicyclic) bond motifs is 1. The van der Waals surface area contributed by atoms with E-state index in [1.165, 1.54) is 5.56 Å². The van der Waals surface area contributed by atoms with Crippen molar-refractivity contribution in [2.75, 3.05) is 14.1 Å². The molecule has 4 aromatic rings. The van der Waals surface area contributed by atoms with Gasteiger partial charge in [-0.25, -0.2) is 4.98 Å². The van der Waals surface area contributed by atoms with E-state index >= 15 is 0 Å². The molecule has 0 fully saturated rings. The van der Waals surface area contributed by atoms with Crippen LogP contribution in [-0.4, -0.2) is 29.9 Å². The summed E-state index contributed by atoms with van der Waals surface area (Å²) in [6.07, 6.45) is 0.939. The van der Waals surface area contributed by atoms with Crippen LogP contribution in [0.3, 0.4) is 0 Å². The maximum atomic E-state index is 13.7. The van der Waals surface area contributed by atoms with Gasteiger partial charge >= 0.3 is 0 Å². The molecule has 5 heteroatoms. The Hall–Kier alpha value is -3.21. The van der Waals surface area contributed by atoms with Crippen molar-refractivity contribution >= 4 is 29.2 Å². The molecule has 170 valence electrons. The quantitative estimate of drug-likeness (QED) is 0.375. The summed E-state index contributed by atoms with van der Waals surface area (Å²) in [5.74, 6) is -0.0662. The predicted octanol–water partition coefficient (Wildman–Crippen LogP) is 5.88. The number of halogens is 1. The van der Waals surface area contributed by atoms with E-state index < -0.39 is 0 Å². The summed E-state index contributed by atoms with van der Waals surface area (Å²) < 4.78 is 0. The first kappa shape index (κ1) is 24.4. The summed E-state index contributed by atoms with van der Waals surface area (Å²) in [5, 5.41) is 4.07. The van der Waals surface area contributed by atoms with Crippen LogP contribution in [0.2, 0.25) is 0 Å². The predicted molar refractivity (Wildman–Crippen MR) is 139 cm³/mol. The number of nitrogens with zero attached hydrogens (tertiary/aromatic N) is 2. The third kappa shape index (κ3) is 5.41. The van der Waals surface area contributed by atoms with E-state index in [1.54, 1.807) is 0 Å². The van der Waals surface area contributed by atoms with Crippen LogP contribution in [0.4, 0.5) is 0 Å². The number of carbonyl (C=O) groups excluding carboxylic acids is 1. The Balaban J connectivity index is 0.00000306. The van der Waals surface area contributed by atoms with Crippen LogP contribution in [-0.2, 0) is 19.5 Å². The van der Waals surface area contributed by atoms with Crippen molar-refractivity contribution in [1.29, 1.82) is 0 Å². The van der Waals surface area contributed by atoms with Crippen molar-refractivity contribution in [2.45, 2.75) is 26.4 Å². The van der Waals surface area contributed by atoms with Crippen molar-refractivity contribution in [3.05, 3.63) is 101 Å². The van der Waals surface area contributed by atoms with Gasteiger partial charge in [0.1, 0.15) is 0 Å². The van der Waals surface area contributed by atoms with Crippen molar-refractivity contribution in [3.63, 3.8) is 0 Å². The van der Waals surface area contributed by atoms with Gasteiger partial charge in [-0.1, -0.05) is 79.7 Å². The fraction of sp³-hybridized carbons (Fsp3) is 0.214. The summed E-state index contributed by atoms with van der Waals surface area (Å²) in [6, 6.07) is 26.3. The Morgan fingerprint density at radius 2 is 1.52 bits per heavy atom. The van der Waals surface area contributed by atoms with E-state index in [2.05, 4.69) is 41.4 Å². The molecule has 0 spiro atoms. The fourth-order valence-corrected chi connectivity index (χ4v) is 4.15. The Bertz CT molecular complexity index is 1240. The number of benzene rings is 3. The minimum Gasteiger partial charge on any atom is -0.348 e. The molecule has 1 aromatic heterocycles. The van der Waals surface area contributed by atoms with Gasteiger partial charge in [0.2, 0.25) is 0 Å². The number of hydrogen-bond acceptors (Lipinski definition) is 3. The number of amides is 1. The van der Waals surface area contributed by atoms with Crippen LogP contribution in [0.1, 0.15) is 34.0 Å². The molecule has 4 rings (SSSR count). The summed E-state index contributed by atoms with van der Waals surface area (Å²) in [7, 11) is 4.03. The van der Waals surface area contributed by atoms with E-state index in [-0.39, 0.29) is 18.3 Å². The first-order valence-electron chi connectivity index (χ1n) is 11.0. The second-order valence-electron chi connectivity index (χ2n) is 8.24. The van der Waals surface area contributed by atoms with Gasteiger partial charge in [-0.3, -0.25) is 4.79 Å². The first-order chi connectivity index (χ1) is 15.6. The SMILES string of the molecule is CCc1ccccc1CNC(=O)c1c(CN(C)C)c(-c2ccccc2)nc2ccccc12.Cl. The van der Waals surface area contributed by atoms with E-state index in [0.29, 0.717) is 18.7 Å². The second-order valence-corrected chi connectivity index (χ2v) is 8.24. The molecule has 0 radical (unpaired) electrons. The summed E-state index contributed by atoms with van der Waals surface area (Å²) >= 11 is 0. The number of pyridine rings is 1. The molecular formula is C28H30ClN3O. The Morgan fingerprint density at radius 3 is 2.21 bits per heavy atom. The molecule has 0 aliphatic heterocycles. The van der Waals surface area contributed by atoms with E-state index in [9.17, 15) is 4.79 Å². The molecule has 3 aromatic carbocycles. The van der Waals surface area contributed by atoms with Crippen LogP contribution in [0.25, 0.3) is 22.2 Å². The van der Waals surface area contributed by atoms with Gasteiger partial charge < -0.3 is 10.2 Å². The first-order valence-corrected chi connectivity index (χ1v) is 11.0. The highest BCUT2D eigenvalue weighted by atomic mass is 35.5. The van der Waals surface area contributed by atoms with Crippen LogP contribution >= 0.6 is 12.4 Å². The number of aryl methyl sites for hydroxylation is 1. The molecular weight excluding hydrogens is 430 g/mol. The van der Waals surface area contributed by atoms with Crippen LogP contribution in [0, 0.1) is 0 Å². The molecule has 4 nitrogen and oxygen atoms in total. The highest BCUT2D eigenvalue weighted by molar-refractivity contribution is 6.09. The number of hydrogen-bond donors (Lipinski definition) is 1. The molecule has 0 bridgehead atoms. The maximum absolute atomic E-state index is 13.7. The third-order valence-corrected chi connectivity index (χ3v) is 5.68. The summed E-state index contributed by atoms with van der Waals surface area (Å²) in [5.41, 5.74) is 6.76. The van der Waals surface area contributed by atoms with Crippen LogP contribution < -0.4 is 5.32 Å². The molecule has 1 amide bonds. The molecule has 33 heavy (non-hydrogen) atoms. The molecule has 0 aliphatic rings. The number of carbonyl (C=O) groups is 1.